The summed E-state index contributed by atoms with van der Waals surface area (Å²) < 4.78 is 0. The molecule has 50 heavy (non-hydrogen) atoms. The Kier molecular flexibility index (Phi) is 11.9. The van der Waals surface area contributed by atoms with Crippen LogP contribution in [0, 0.1) is 5.41 Å². The number of pyridine rings is 1. The van der Waals surface area contributed by atoms with E-state index in [4.69, 9.17) is 11.6 Å². The maximum atomic E-state index is 14.4. The van der Waals surface area contributed by atoms with Crippen molar-refractivity contribution in [2.75, 3.05) is 11.4 Å². The van der Waals surface area contributed by atoms with E-state index in [1.54, 1.807) is 64.7 Å². The number of carboxylic acids is 1. The maximum Gasteiger partial charge on any atom is 0.326 e. The van der Waals surface area contributed by atoms with Crippen molar-refractivity contribution in [1.82, 2.24) is 20.5 Å². The van der Waals surface area contributed by atoms with Gasteiger partial charge < -0.3 is 20.6 Å². The van der Waals surface area contributed by atoms with Crippen molar-refractivity contribution in [3.05, 3.63) is 94.8 Å². The molecule has 0 radical (unpaired) electrons. The number of amides is 4. The number of hydrogen-bond acceptors (Lipinski definition) is 6. The highest BCUT2D eigenvalue weighted by molar-refractivity contribution is 6.30. The van der Waals surface area contributed by atoms with E-state index in [0.29, 0.717) is 48.5 Å². The van der Waals surface area contributed by atoms with Gasteiger partial charge >= 0.3 is 5.97 Å². The third-order valence-corrected chi connectivity index (χ3v) is 9.97. The van der Waals surface area contributed by atoms with Gasteiger partial charge in [0, 0.05) is 55.8 Å². The van der Waals surface area contributed by atoms with Crippen LogP contribution in [0.25, 0.3) is 0 Å². The Morgan fingerprint density at radius 2 is 1.72 bits per heavy atom. The maximum absolute atomic E-state index is 14.4. The van der Waals surface area contributed by atoms with E-state index >= 15 is 0 Å². The normalized spacial score (nSPS) is 18.9. The first kappa shape index (κ1) is 36.5. The molecule has 4 amide bonds. The number of anilines is 1. The highest BCUT2D eigenvalue weighted by atomic mass is 35.5. The van der Waals surface area contributed by atoms with E-state index in [-0.39, 0.29) is 42.9 Å². The fraction of sp³-hybridized carbons (Fsp3) is 0.421. The van der Waals surface area contributed by atoms with Crippen LogP contribution in [0.1, 0.15) is 81.6 Å². The number of rotatable bonds is 14. The van der Waals surface area contributed by atoms with Crippen LogP contribution in [0.5, 0.6) is 0 Å². The lowest BCUT2D eigenvalue weighted by molar-refractivity contribution is -0.144. The second kappa shape index (κ2) is 16.3. The van der Waals surface area contributed by atoms with Crippen LogP contribution in [0.2, 0.25) is 5.02 Å². The summed E-state index contributed by atoms with van der Waals surface area (Å²) in [6, 6.07) is 15.8. The van der Waals surface area contributed by atoms with Crippen LogP contribution in [-0.2, 0) is 36.8 Å². The standard InChI is InChI=1S/C38H44ClN5O6/c1-3-7-33(46)44-32(23-27-8-6-20-40-24-27)35(47)43(34(44)28-11-13-29(39)14-12-28)30-15-9-26(10-16-30)22-31(36(48)49)42-37(50)38(17-4-5-18-38)19-21-41-25(2)45/h6,8-16,20,24,31-32,34H,3-5,7,17-19,21-23H2,1-2H3,(H,41,45)(H,42,50)(H,48,49). The van der Waals surface area contributed by atoms with Gasteiger partial charge in [-0.2, -0.15) is 0 Å². The second-order valence-corrected chi connectivity index (χ2v) is 13.7. The number of aliphatic carboxylic acids is 1. The van der Waals surface area contributed by atoms with Crippen molar-refractivity contribution in [1.29, 1.82) is 0 Å². The smallest absolute Gasteiger partial charge is 0.326 e. The number of aromatic nitrogens is 1. The van der Waals surface area contributed by atoms with Gasteiger partial charge in [-0.1, -0.05) is 61.7 Å². The number of hydrogen-bond donors (Lipinski definition) is 3. The number of carbonyl (C=O) groups is 5. The summed E-state index contributed by atoms with van der Waals surface area (Å²) in [5.74, 6) is -2.04. The average molecular weight is 702 g/mol. The summed E-state index contributed by atoms with van der Waals surface area (Å²) in [6.45, 7) is 3.69. The first-order valence-electron chi connectivity index (χ1n) is 17.2. The SMILES string of the molecule is CCCC(=O)N1C(Cc2cccnc2)C(=O)N(c2ccc(CC(NC(=O)C3(CCNC(C)=O)CCCC3)C(=O)O)cc2)C1c1ccc(Cl)cc1. The van der Waals surface area contributed by atoms with E-state index in [1.807, 2.05) is 25.1 Å². The van der Waals surface area contributed by atoms with Gasteiger partial charge in [0.2, 0.25) is 17.7 Å². The molecule has 2 fully saturated rings. The molecule has 1 aromatic heterocycles. The number of benzene rings is 2. The lowest BCUT2D eigenvalue weighted by Crippen LogP contribution is -2.49. The van der Waals surface area contributed by atoms with Gasteiger partial charge in [-0.3, -0.25) is 29.1 Å². The molecule has 2 aromatic carbocycles. The minimum absolute atomic E-state index is 0.0302. The summed E-state index contributed by atoms with van der Waals surface area (Å²) >= 11 is 6.22. The van der Waals surface area contributed by atoms with Crippen LogP contribution in [0.4, 0.5) is 5.69 Å². The molecule has 5 rings (SSSR count). The van der Waals surface area contributed by atoms with Gasteiger partial charge in [-0.25, -0.2) is 4.79 Å². The lowest BCUT2D eigenvalue weighted by atomic mass is 9.81. The number of carboxylic acid groups (broad SMARTS) is 1. The van der Waals surface area contributed by atoms with Gasteiger partial charge in [0.15, 0.2) is 0 Å². The number of carbonyl (C=O) groups excluding carboxylic acids is 4. The van der Waals surface area contributed by atoms with Crippen LogP contribution in [0.3, 0.4) is 0 Å². The Labute approximate surface area is 297 Å². The predicted octanol–water partition coefficient (Wildman–Crippen LogP) is 5.22. The molecule has 264 valence electrons. The fourth-order valence-electron chi connectivity index (χ4n) is 7.15. The fourth-order valence-corrected chi connectivity index (χ4v) is 7.27. The molecule has 3 N–H and O–H groups in total. The zero-order valence-corrected chi connectivity index (χ0v) is 29.2. The molecular weight excluding hydrogens is 658 g/mol. The van der Waals surface area contributed by atoms with Crippen molar-refractivity contribution in [2.24, 2.45) is 5.41 Å². The van der Waals surface area contributed by atoms with Crippen LogP contribution < -0.4 is 15.5 Å². The van der Waals surface area contributed by atoms with Crippen LogP contribution >= 0.6 is 11.6 Å². The van der Waals surface area contributed by atoms with E-state index in [9.17, 15) is 29.1 Å². The van der Waals surface area contributed by atoms with Crippen LogP contribution in [-0.4, -0.2) is 63.2 Å². The molecule has 1 aliphatic carbocycles. The average Bonchev–Trinajstić information content (AvgIpc) is 3.69. The number of nitrogens with zero attached hydrogens (tertiary/aromatic N) is 3. The summed E-state index contributed by atoms with van der Waals surface area (Å²) in [6.07, 6.45) is 7.26. The van der Waals surface area contributed by atoms with Gasteiger partial charge in [0.1, 0.15) is 18.2 Å². The molecule has 3 unspecified atom stereocenters. The van der Waals surface area contributed by atoms with Crippen LogP contribution in [0.15, 0.2) is 73.1 Å². The first-order valence-corrected chi connectivity index (χ1v) is 17.6. The summed E-state index contributed by atoms with van der Waals surface area (Å²) in [7, 11) is 0. The number of halogens is 1. The molecular formula is C38H44ClN5O6. The first-order chi connectivity index (χ1) is 24.0. The molecule has 0 spiro atoms. The van der Waals surface area contributed by atoms with Crippen molar-refractivity contribution >= 4 is 46.9 Å². The molecule has 1 aliphatic heterocycles. The molecule has 1 saturated carbocycles. The third kappa shape index (κ3) is 8.33. The Balaban J connectivity index is 1.41. The Bertz CT molecular complexity index is 1680. The topological polar surface area (TPSA) is 149 Å². The van der Waals surface area contributed by atoms with Gasteiger partial charge in [-0.05, 0) is 72.7 Å². The molecule has 12 heteroatoms. The van der Waals surface area contributed by atoms with E-state index in [0.717, 1.165) is 24.0 Å². The minimum Gasteiger partial charge on any atom is -0.480 e. The lowest BCUT2D eigenvalue weighted by Gasteiger charge is -2.32. The molecule has 2 aliphatic rings. The predicted molar refractivity (Wildman–Crippen MR) is 189 cm³/mol. The molecule has 1 saturated heterocycles. The quantitative estimate of drug-likeness (QED) is 0.209. The zero-order valence-electron chi connectivity index (χ0n) is 28.4. The largest absolute Gasteiger partial charge is 0.480 e. The summed E-state index contributed by atoms with van der Waals surface area (Å²) in [5.41, 5.74) is 2.02. The highest BCUT2D eigenvalue weighted by Gasteiger charge is 2.49. The van der Waals surface area contributed by atoms with E-state index in [2.05, 4.69) is 15.6 Å². The van der Waals surface area contributed by atoms with Gasteiger partial charge in [0.05, 0.1) is 5.41 Å². The number of nitrogens with one attached hydrogen (secondary N) is 2. The minimum atomic E-state index is -1.17. The van der Waals surface area contributed by atoms with Crippen molar-refractivity contribution in [3.8, 4) is 0 Å². The van der Waals surface area contributed by atoms with Crippen molar-refractivity contribution < 1.29 is 29.1 Å². The van der Waals surface area contributed by atoms with Gasteiger partial charge in [-0.15, -0.1) is 0 Å². The molecule has 11 nitrogen and oxygen atoms in total. The summed E-state index contributed by atoms with van der Waals surface area (Å²) in [5, 5.41) is 16.2. The highest BCUT2D eigenvalue weighted by Crippen LogP contribution is 2.42. The summed E-state index contributed by atoms with van der Waals surface area (Å²) in [4.78, 5) is 72.9. The second-order valence-electron chi connectivity index (χ2n) is 13.2. The molecule has 3 aromatic rings. The Morgan fingerprint density at radius 1 is 1.02 bits per heavy atom. The van der Waals surface area contributed by atoms with Crippen molar-refractivity contribution in [2.45, 2.75) is 89.9 Å². The van der Waals surface area contributed by atoms with Crippen molar-refractivity contribution in [3.63, 3.8) is 0 Å². The molecule has 2 heterocycles. The monoisotopic (exact) mass is 701 g/mol. The Hall–Kier alpha value is -4.77. The zero-order chi connectivity index (χ0) is 35.8. The van der Waals surface area contributed by atoms with Gasteiger partial charge in [0.25, 0.3) is 5.91 Å². The Morgan fingerprint density at radius 3 is 2.32 bits per heavy atom. The van der Waals surface area contributed by atoms with E-state index < -0.39 is 29.6 Å². The molecule has 0 bridgehead atoms. The third-order valence-electron chi connectivity index (χ3n) is 9.72. The molecule has 3 atom stereocenters. The van der Waals surface area contributed by atoms with E-state index in [1.165, 1.54) is 6.92 Å².